The van der Waals surface area contributed by atoms with Crippen molar-refractivity contribution in [3.8, 4) is 5.75 Å². The molecule has 3 rings (SSSR count). The summed E-state index contributed by atoms with van der Waals surface area (Å²) in [5.41, 5.74) is 1.16. The molecule has 2 aromatic rings. The van der Waals surface area contributed by atoms with E-state index < -0.39 is 29.6 Å². The molecule has 3 N–H and O–H groups in total. The number of hydrogen-bond donors (Lipinski definition) is 3. The Morgan fingerprint density at radius 3 is 2.59 bits per heavy atom. The average molecular weight is 373 g/mol. The molecule has 0 bridgehead atoms. The molecule has 1 aliphatic heterocycles. The van der Waals surface area contributed by atoms with E-state index in [2.05, 4.69) is 16.0 Å². The molecule has 0 aromatic heterocycles. The molecular weight excluding hydrogens is 356 g/mol. The molecule has 0 fully saturated rings. The standard InChI is InChI=1S/C19H17F2N3O3/c1-10-16(18(25)23-14-5-3-4-6-15(14)27-2)17(24-19(26)22-10)11-7-8-12(20)13(21)9-11/h3-9,17H,1-2H3,(H,23,25)(H2,22,24,26)/t17-/m1/s1. The lowest BCUT2D eigenvalue weighted by Gasteiger charge is -2.28. The van der Waals surface area contributed by atoms with Crippen molar-refractivity contribution in [2.24, 2.45) is 0 Å². The number of urea groups is 1. The first-order valence-corrected chi connectivity index (χ1v) is 8.08. The molecule has 0 spiro atoms. The second kappa shape index (κ2) is 7.45. The normalized spacial score (nSPS) is 16.4. The fraction of sp³-hybridized carbons (Fsp3) is 0.158. The number of nitrogens with one attached hydrogen (secondary N) is 3. The van der Waals surface area contributed by atoms with Gasteiger partial charge in [-0.25, -0.2) is 13.6 Å². The van der Waals surface area contributed by atoms with Gasteiger partial charge in [-0.1, -0.05) is 18.2 Å². The monoisotopic (exact) mass is 373 g/mol. The van der Waals surface area contributed by atoms with E-state index in [1.807, 2.05) is 0 Å². The van der Waals surface area contributed by atoms with Gasteiger partial charge in [0, 0.05) is 5.70 Å². The minimum absolute atomic E-state index is 0.173. The van der Waals surface area contributed by atoms with Gasteiger partial charge in [0.25, 0.3) is 5.91 Å². The molecule has 1 aliphatic rings. The highest BCUT2D eigenvalue weighted by Gasteiger charge is 2.32. The molecule has 0 aliphatic carbocycles. The number of methoxy groups -OCH3 is 1. The molecule has 8 heteroatoms. The third kappa shape index (κ3) is 3.74. The van der Waals surface area contributed by atoms with Crippen LogP contribution in [0.1, 0.15) is 18.5 Å². The predicted octanol–water partition coefficient (Wildman–Crippen LogP) is 3.24. The number of halogens is 2. The number of amides is 3. The molecule has 1 atom stereocenters. The van der Waals surface area contributed by atoms with Gasteiger partial charge in [0.15, 0.2) is 11.6 Å². The van der Waals surface area contributed by atoms with Crippen LogP contribution in [-0.2, 0) is 4.79 Å². The summed E-state index contributed by atoms with van der Waals surface area (Å²) in [5, 5.41) is 7.81. The number of hydrogen-bond acceptors (Lipinski definition) is 3. The Balaban J connectivity index is 1.98. The van der Waals surface area contributed by atoms with E-state index in [9.17, 15) is 18.4 Å². The summed E-state index contributed by atoms with van der Waals surface area (Å²) in [6.07, 6.45) is 0. The van der Waals surface area contributed by atoms with Crippen molar-refractivity contribution in [3.05, 3.63) is 70.9 Å². The predicted molar refractivity (Wildman–Crippen MR) is 95.1 cm³/mol. The number of anilines is 1. The number of carbonyl (C=O) groups is 2. The van der Waals surface area contributed by atoms with Crippen molar-refractivity contribution in [1.29, 1.82) is 0 Å². The highest BCUT2D eigenvalue weighted by atomic mass is 19.2. The topological polar surface area (TPSA) is 79.5 Å². The van der Waals surface area contributed by atoms with E-state index in [0.29, 0.717) is 17.1 Å². The van der Waals surface area contributed by atoms with Crippen LogP contribution in [0.25, 0.3) is 0 Å². The zero-order chi connectivity index (χ0) is 19.6. The smallest absolute Gasteiger partial charge is 0.319 e. The summed E-state index contributed by atoms with van der Waals surface area (Å²) in [4.78, 5) is 24.8. The van der Waals surface area contributed by atoms with E-state index in [1.165, 1.54) is 13.2 Å². The summed E-state index contributed by atoms with van der Waals surface area (Å²) in [6.45, 7) is 1.56. The van der Waals surface area contributed by atoms with Crippen LogP contribution < -0.4 is 20.7 Å². The Kier molecular flexibility index (Phi) is 5.07. The Hall–Kier alpha value is -3.42. The van der Waals surface area contributed by atoms with Crippen molar-refractivity contribution in [2.45, 2.75) is 13.0 Å². The average Bonchev–Trinajstić information content (AvgIpc) is 2.63. The molecule has 0 radical (unpaired) electrons. The number of rotatable bonds is 4. The number of benzene rings is 2. The van der Waals surface area contributed by atoms with E-state index in [0.717, 1.165) is 12.1 Å². The maximum absolute atomic E-state index is 13.7. The van der Waals surface area contributed by atoms with Gasteiger partial charge >= 0.3 is 6.03 Å². The van der Waals surface area contributed by atoms with Gasteiger partial charge in [0.05, 0.1) is 24.4 Å². The van der Waals surface area contributed by atoms with E-state index in [1.54, 1.807) is 31.2 Å². The second-order valence-corrected chi connectivity index (χ2v) is 5.90. The maximum Gasteiger partial charge on any atom is 0.319 e. The Morgan fingerprint density at radius 1 is 1.15 bits per heavy atom. The molecule has 1 heterocycles. The lowest BCUT2D eigenvalue weighted by Crippen LogP contribution is -2.46. The lowest BCUT2D eigenvalue weighted by atomic mass is 9.94. The first-order chi connectivity index (χ1) is 12.9. The Labute approximate surface area is 154 Å². The van der Waals surface area contributed by atoms with Gasteiger partial charge < -0.3 is 20.7 Å². The summed E-state index contributed by atoms with van der Waals surface area (Å²) in [6, 6.07) is 8.56. The van der Waals surface area contributed by atoms with Gasteiger partial charge in [-0.3, -0.25) is 4.79 Å². The van der Waals surface area contributed by atoms with Crippen molar-refractivity contribution in [3.63, 3.8) is 0 Å². The number of allylic oxidation sites excluding steroid dienone is 1. The number of carbonyl (C=O) groups excluding carboxylic acids is 2. The third-order valence-electron chi connectivity index (χ3n) is 4.15. The minimum Gasteiger partial charge on any atom is -0.495 e. The highest BCUT2D eigenvalue weighted by molar-refractivity contribution is 6.07. The molecule has 27 heavy (non-hydrogen) atoms. The van der Waals surface area contributed by atoms with Gasteiger partial charge in [0.1, 0.15) is 5.75 Å². The van der Waals surface area contributed by atoms with Gasteiger partial charge in [-0.2, -0.15) is 0 Å². The summed E-state index contributed by atoms with van der Waals surface area (Å²) in [5.74, 6) is -2.14. The van der Waals surface area contributed by atoms with Crippen molar-refractivity contribution in [1.82, 2.24) is 10.6 Å². The fourth-order valence-electron chi connectivity index (χ4n) is 2.87. The fourth-order valence-corrected chi connectivity index (χ4v) is 2.87. The molecular formula is C19H17F2N3O3. The van der Waals surface area contributed by atoms with Crippen LogP contribution in [0.3, 0.4) is 0 Å². The van der Waals surface area contributed by atoms with Crippen molar-refractivity contribution >= 4 is 17.6 Å². The van der Waals surface area contributed by atoms with Crippen LogP contribution >= 0.6 is 0 Å². The van der Waals surface area contributed by atoms with E-state index >= 15 is 0 Å². The van der Waals surface area contributed by atoms with E-state index in [-0.39, 0.29) is 11.1 Å². The zero-order valence-corrected chi connectivity index (χ0v) is 14.6. The maximum atomic E-state index is 13.7. The van der Waals surface area contributed by atoms with Crippen LogP contribution in [0.2, 0.25) is 0 Å². The largest absolute Gasteiger partial charge is 0.495 e. The zero-order valence-electron chi connectivity index (χ0n) is 14.6. The molecule has 2 aromatic carbocycles. The molecule has 0 unspecified atom stereocenters. The molecule has 3 amide bonds. The lowest BCUT2D eigenvalue weighted by molar-refractivity contribution is -0.113. The van der Waals surface area contributed by atoms with Crippen LogP contribution in [0, 0.1) is 11.6 Å². The quantitative estimate of drug-likeness (QED) is 0.770. The van der Waals surface area contributed by atoms with Crippen LogP contribution in [0.15, 0.2) is 53.7 Å². The number of para-hydroxylation sites is 2. The van der Waals surface area contributed by atoms with Gasteiger partial charge in [-0.05, 0) is 36.8 Å². The first kappa shape index (κ1) is 18.4. The first-order valence-electron chi connectivity index (χ1n) is 8.08. The molecule has 6 nitrogen and oxygen atoms in total. The summed E-state index contributed by atoms with van der Waals surface area (Å²) >= 11 is 0. The highest BCUT2D eigenvalue weighted by Crippen LogP contribution is 2.30. The Bertz CT molecular complexity index is 944. The van der Waals surface area contributed by atoms with E-state index in [4.69, 9.17) is 4.74 Å². The SMILES string of the molecule is COc1ccccc1NC(=O)C1=C(C)NC(=O)N[C@@H]1c1ccc(F)c(F)c1. The van der Waals surface area contributed by atoms with Crippen molar-refractivity contribution < 1.29 is 23.1 Å². The van der Waals surface area contributed by atoms with Crippen LogP contribution in [-0.4, -0.2) is 19.0 Å². The third-order valence-corrected chi connectivity index (χ3v) is 4.15. The Morgan fingerprint density at radius 2 is 1.89 bits per heavy atom. The second-order valence-electron chi connectivity index (χ2n) is 5.90. The molecule has 0 saturated heterocycles. The molecule has 0 saturated carbocycles. The minimum atomic E-state index is -1.07. The van der Waals surface area contributed by atoms with Crippen molar-refractivity contribution in [2.75, 3.05) is 12.4 Å². The summed E-state index contributed by atoms with van der Waals surface area (Å²) in [7, 11) is 1.47. The molecule has 140 valence electrons. The van der Waals surface area contributed by atoms with Crippen LogP contribution in [0.5, 0.6) is 5.75 Å². The van der Waals surface area contributed by atoms with Gasteiger partial charge in [0.2, 0.25) is 0 Å². The van der Waals surface area contributed by atoms with Crippen LogP contribution in [0.4, 0.5) is 19.3 Å². The number of ether oxygens (including phenoxy) is 1. The van der Waals surface area contributed by atoms with Gasteiger partial charge in [-0.15, -0.1) is 0 Å². The summed E-state index contributed by atoms with van der Waals surface area (Å²) < 4.78 is 32.1.